The summed E-state index contributed by atoms with van der Waals surface area (Å²) in [5.74, 6) is 1.25. The molecule has 0 radical (unpaired) electrons. The first-order valence-corrected chi connectivity index (χ1v) is 6.43. The summed E-state index contributed by atoms with van der Waals surface area (Å²) in [5, 5.41) is 4.16. The Morgan fingerprint density at radius 1 is 1.39 bits per heavy atom. The molecule has 1 saturated heterocycles. The van der Waals surface area contributed by atoms with Crippen molar-refractivity contribution in [3.8, 4) is 0 Å². The first-order chi connectivity index (χ1) is 8.81. The molecule has 0 aliphatic carbocycles. The summed E-state index contributed by atoms with van der Waals surface area (Å²) in [7, 11) is 0. The van der Waals surface area contributed by atoms with Crippen molar-refractivity contribution in [2.24, 2.45) is 5.92 Å². The van der Waals surface area contributed by atoms with Gasteiger partial charge in [0.2, 0.25) is 0 Å². The largest absolute Gasteiger partial charge is 0.316 e. The lowest BCUT2D eigenvalue weighted by Gasteiger charge is -2.21. The van der Waals surface area contributed by atoms with Crippen molar-refractivity contribution < 1.29 is 4.39 Å². The van der Waals surface area contributed by atoms with Gasteiger partial charge < -0.3 is 5.32 Å². The molecule has 1 N–H and O–H groups in total. The molecule has 1 aliphatic heterocycles. The smallest absolute Gasteiger partial charge is 0.129 e. The lowest BCUT2D eigenvalue weighted by molar-refractivity contribution is 0.371. The van der Waals surface area contributed by atoms with Gasteiger partial charge in [-0.1, -0.05) is 0 Å². The van der Waals surface area contributed by atoms with Crippen LogP contribution in [0.3, 0.4) is 0 Å². The predicted octanol–water partition coefficient (Wildman–Crippen LogP) is 2.31. The molecule has 0 spiro atoms. The van der Waals surface area contributed by atoms with Crippen LogP contribution in [0.15, 0.2) is 24.4 Å². The zero-order chi connectivity index (χ0) is 12.4. The molecule has 0 amide bonds. The van der Waals surface area contributed by atoms with E-state index >= 15 is 0 Å². The second kappa shape index (κ2) is 4.98. The van der Waals surface area contributed by atoms with Crippen LogP contribution in [0, 0.1) is 11.7 Å². The van der Waals surface area contributed by atoms with Gasteiger partial charge in [0.05, 0.1) is 5.52 Å². The van der Waals surface area contributed by atoms with Crippen LogP contribution in [0.25, 0.3) is 10.9 Å². The van der Waals surface area contributed by atoms with Gasteiger partial charge in [-0.15, -0.1) is 0 Å². The molecule has 3 nitrogen and oxygen atoms in total. The topological polar surface area (TPSA) is 37.8 Å². The van der Waals surface area contributed by atoms with Crippen LogP contribution in [0.4, 0.5) is 4.39 Å². The summed E-state index contributed by atoms with van der Waals surface area (Å²) in [6, 6.07) is 4.64. The molecule has 94 valence electrons. The fraction of sp³-hybridized carbons (Fsp3) is 0.429. The molecule has 1 aromatic carbocycles. The highest BCUT2D eigenvalue weighted by Crippen LogP contribution is 2.17. The molecule has 1 atom stereocenters. The Hall–Kier alpha value is -1.55. The Labute approximate surface area is 105 Å². The van der Waals surface area contributed by atoms with E-state index in [9.17, 15) is 4.39 Å². The number of aromatic nitrogens is 2. The van der Waals surface area contributed by atoms with Crippen LogP contribution >= 0.6 is 0 Å². The highest BCUT2D eigenvalue weighted by atomic mass is 19.1. The van der Waals surface area contributed by atoms with E-state index in [1.165, 1.54) is 25.0 Å². The summed E-state index contributed by atoms with van der Waals surface area (Å²) >= 11 is 0. The van der Waals surface area contributed by atoms with Crippen LogP contribution < -0.4 is 5.32 Å². The summed E-state index contributed by atoms with van der Waals surface area (Å²) < 4.78 is 13.0. The summed E-state index contributed by atoms with van der Waals surface area (Å²) in [6.45, 7) is 2.17. The number of fused-ring (bicyclic) bond motifs is 1. The molecule has 1 aliphatic rings. The molecular weight excluding hydrogens is 229 g/mol. The average Bonchev–Trinajstić information content (AvgIpc) is 2.40. The Kier molecular flexibility index (Phi) is 3.19. The number of hydrogen-bond acceptors (Lipinski definition) is 3. The van der Waals surface area contributed by atoms with Crippen molar-refractivity contribution in [1.82, 2.24) is 15.3 Å². The van der Waals surface area contributed by atoms with Gasteiger partial charge in [0.15, 0.2) is 0 Å². The Morgan fingerprint density at radius 2 is 2.33 bits per heavy atom. The molecule has 4 heteroatoms. The number of rotatable bonds is 2. The molecule has 0 unspecified atom stereocenters. The molecule has 1 aromatic heterocycles. The van der Waals surface area contributed by atoms with Crippen molar-refractivity contribution in [2.75, 3.05) is 13.1 Å². The third-order valence-electron chi connectivity index (χ3n) is 3.46. The average molecular weight is 245 g/mol. The maximum Gasteiger partial charge on any atom is 0.129 e. The lowest BCUT2D eigenvalue weighted by Crippen LogP contribution is -2.31. The van der Waals surface area contributed by atoms with Gasteiger partial charge >= 0.3 is 0 Å². The van der Waals surface area contributed by atoms with Gasteiger partial charge in [-0.2, -0.15) is 0 Å². The van der Waals surface area contributed by atoms with Crippen LogP contribution in [0.1, 0.15) is 18.7 Å². The van der Waals surface area contributed by atoms with Crippen molar-refractivity contribution in [3.05, 3.63) is 36.0 Å². The number of nitrogens with one attached hydrogen (secondary N) is 1. The third-order valence-corrected chi connectivity index (χ3v) is 3.46. The Balaban J connectivity index is 1.82. The van der Waals surface area contributed by atoms with Crippen LogP contribution in [-0.4, -0.2) is 23.1 Å². The van der Waals surface area contributed by atoms with Gasteiger partial charge in [0.25, 0.3) is 0 Å². The van der Waals surface area contributed by atoms with E-state index in [4.69, 9.17) is 0 Å². The van der Waals surface area contributed by atoms with E-state index in [1.807, 2.05) is 0 Å². The van der Waals surface area contributed by atoms with Crippen LogP contribution in [0.5, 0.6) is 0 Å². The third kappa shape index (κ3) is 2.48. The SMILES string of the molecule is Fc1ccc2nc(C[C@@H]3CCCNC3)ncc2c1. The number of halogens is 1. The molecule has 2 heterocycles. The molecule has 3 rings (SSSR count). The fourth-order valence-electron chi connectivity index (χ4n) is 2.50. The summed E-state index contributed by atoms with van der Waals surface area (Å²) in [6.07, 6.45) is 5.08. The van der Waals surface area contributed by atoms with Crippen LogP contribution in [-0.2, 0) is 6.42 Å². The first-order valence-electron chi connectivity index (χ1n) is 6.43. The molecule has 18 heavy (non-hydrogen) atoms. The lowest BCUT2D eigenvalue weighted by atomic mass is 9.96. The maximum atomic E-state index is 13.0. The van der Waals surface area contributed by atoms with E-state index in [-0.39, 0.29) is 5.82 Å². The van der Waals surface area contributed by atoms with E-state index in [1.54, 1.807) is 12.3 Å². The minimum atomic E-state index is -0.240. The van der Waals surface area contributed by atoms with Gasteiger partial charge in [-0.05, 0) is 50.0 Å². The summed E-state index contributed by atoms with van der Waals surface area (Å²) in [4.78, 5) is 8.84. The first kappa shape index (κ1) is 11.5. The van der Waals surface area contributed by atoms with E-state index in [0.717, 1.165) is 36.2 Å². The second-order valence-electron chi connectivity index (χ2n) is 4.91. The minimum absolute atomic E-state index is 0.240. The normalized spacial score (nSPS) is 20.2. The zero-order valence-corrected chi connectivity index (χ0v) is 10.2. The van der Waals surface area contributed by atoms with Crippen molar-refractivity contribution in [1.29, 1.82) is 0 Å². The maximum absolute atomic E-state index is 13.0. The van der Waals surface area contributed by atoms with E-state index in [2.05, 4.69) is 15.3 Å². The number of benzene rings is 1. The zero-order valence-electron chi connectivity index (χ0n) is 10.2. The quantitative estimate of drug-likeness (QED) is 0.882. The molecule has 0 bridgehead atoms. The second-order valence-corrected chi connectivity index (χ2v) is 4.91. The minimum Gasteiger partial charge on any atom is -0.316 e. The summed E-state index contributed by atoms with van der Waals surface area (Å²) in [5.41, 5.74) is 0.824. The fourth-order valence-corrected chi connectivity index (χ4v) is 2.50. The van der Waals surface area contributed by atoms with Crippen LogP contribution in [0.2, 0.25) is 0 Å². The number of piperidine rings is 1. The van der Waals surface area contributed by atoms with Crippen molar-refractivity contribution in [2.45, 2.75) is 19.3 Å². The highest BCUT2D eigenvalue weighted by Gasteiger charge is 2.15. The molecule has 1 fully saturated rings. The standard InChI is InChI=1S/C14H16FN3/c15-12-3-4-13-11(7-12)9-17-14(18-13)6-10-2-1-5-16-8-10/h3-4,7,9-10,16H,1-2,5-6,8H2/t10-/m0/s1. The monoisotopic (exact) mass is 245 g/mol. The number of hydrogen-bond donors (Lipinski definition) is 1. The molecule has 2 aromatic rings. The van der Waals surface area contributed by atoms with Gasteiger partial charge in [0, 0.05) is 18.0 Å². The van der Waals surface area contributed by atoms with Gasteiger partial charge in [-0.3, -0.25) is 0 Å². The van der Waals surface area contributed by atoms with Gasteiger partial charge in [0.1, 0.15) is 11.6 Å². The van der Waals surface area contributed by atoms with Crippen molar-refractivity contribution in [3.63, 3.8) is 0 Å². The predicted molar refractivity (Wildman–Crippen MR) is 68.8 cm³/mol. The number of nitrogens with zero attached hydrogens (tertiary/aromatic N) is 2. The van der Waals surface area contributed by atoms with E-state index < -0.39 is 0 Å². The van der Waals surface area contributed by atoms with Gasteiger partial charge in [-0.25, -0.2) is 14.4 Å². The highest BCUT2D eigenvalue weighted by molar-refractivity contribution is 5.77. The van der Waals surface area contributed by atoms with E-state index in [0.29, 0.717) is 5.92 Å². The Morgan fingerprint density at radius 3 is 3.17 bits per heavy atom. The molecule has 0 saturated carbocycles. The molecular formula is C14H16FN3. The Bertz CT molecular complexity index is 550. The van der Waals surface area contributed by atoms with Crippen molar-refractivity contribution >= 4 is 10.9 Å².